The van der Waals surface area contributed by atoms with Crippen LogP contribution in [0.15, 0.2) is 46.9 Å². The van der Waals surface area contributed by atoms with Crippen LogP contribution in [0.4, 0.5) is 17.6 Å². The number of hydrogen-bond donors (Lipinski definition) is 1. The van der Waals surface area contributed by atoms with E-state index in [-0.39, 0.29) is 11.6 Å². The molecule has 0 spiro atoms. The van der Waals surface area contributed by atoms with E-state index in [0.29, 0.717) is 28.7 Å². The van der Waals surface area contributed by atoms with Gasteiger partial charge in [-0.3, -0.25) is 4.90 Å². The number of nitrogens with one attached hydrogen (secondary N) is 1. The Hall–Kier alpha value is -1.64. The first-order valence-electron chi connectivity index (χ1n) is 8.09. The highest BCUT2D eigenvalue weighted by Crippen LogP contribution is 2.36. The first-order chi connectivity index (χ1) is 12.3. The molecule has 140 valence electrons. The zero-order chi connectivity index (χ0) is 18.7. The van der Waals surface area contributed by atoms with Crippen LogP contribution < -0.4 is 10.1 Å². The smallest absolute Gasteiger partial charge is 0.406 e. The van der Waals surface area contributed by atoms with Crippen molar-refractivity contribution in [2.45, 2.75) is 12.4 Å². The van der Waals surface area contributed by atoms with E-state index < -0.39 is 12.4 Å². The number of alkyl halides is 3. The highest BCUT2D eigenvalue weighted by molar-refractivity contribution is 9.10. The molecule has 26 heavy (non-hydrogen) atoms. The standard InChI is InChI=1S/C18H17BrF4N2O/c19-14-2-1-3-15(20)16(14)17(25-10-8-24-9-11-25)12-4-6-13(7-5-12)26-18(21,22)23/h1-7,17,24H,8-11H2/t17-/m0/s1. The average molecular weight is 433 g/mol. The van der Waals surface area contributed by atoms with Crippen LogP contribution in [-0.4, -0.2) is 37.4 Å². The van der Waals surface area contributed by atoms with Crippen LogP contribution in [0.2, 0.25) is 0 Å². The molecule has 0 radical (unpaired) electrons. The number of piperazine rings is 1. The second-order valence-electron chi connectivity index (χ2n) is 5.94. The lowest BCUT2D eigenvalue weighted by molar-refractivity contribution is -0.274. The van der Waals surface area contributed by atoms with E-state index in [2.05, 4.69) is 30.9 Å². The summed E-state index contributed by atoms with van der Waals surface area (Å²) in [6.07, 6.45) is -4.74. The van der Waals surface area contributed by atoms with Crippen molar-refractivity contribution in [3.8, 4) is 5.75 Å². The molecule has 0 bridgehead atoms. The van der Waals surface area contributed by atoms with Crippen LogP contribution in [0.25, 0.3) is 0 Å². The van der Waals surface area contributed by atoms with Gasteiger partial charge in [0.05, 0.1) is 6.04 Å². The van der Waals surface area contributed by atoms with Gasteiger partial charge in [0.15, 0.2) is 0 Å². The molecule has 0 unspecified atom stereocenters. The summed E-state index contributed by atoms with van der Waals surface area (Å²) >= 11 is 3.41. The lowest BCUT2D eigenvalue weighted by Gasteiger charge is -2.36. The van der Waals surface area contributed by atoms with Crippen molar-refractivity contribution in [1.29, 1.82) is 0 Å². The zero-order valence-electron chi connectivity index (χ0n) is 13.7. The molecule has 1 atom stereocenters. The number of benzene rings is 2. The topological polar surface area (TPSA) is 24.5 Å². The van der Waals surface area contributed by atoms with Crippen LogP contribution >= 0.6 is 15.9 Å². The molecule has 0 aliphatic carbocycles. The van der Waals surface area contributed by atoms with E-state index >= 15 is 0 Å². The molecule has 2 aromatic rings. The monoisotopic (exact) mass is 432 g/mol. The van der Waals surface area contributed by atoms with Gasteiger partial charge in [-0.25, -0.2) is 4.39 Å². The quantitative estimate of drug-likeness (QED) is 0.720. The van der Waals surface area contributed by atoms with Gasteiger partial charge in [-0.2, -0.15) is 0 Å². The van der Waals surface area contributed by atoms with Crippen molar-refractivity contribution >= 4 is 15.9 Å². The largest absolute Gasteiger partial charge is 0.573 e. The van der Waals surface area contributed by atoms with Gasteiger partial charge in [0.25, 0.3) is 0 Å². The van der Waals surface area contributed by atoms with Gasteiger partial charge in [0, 0.05) is 36.2 Å². The Morgan fingerprint density at radius 2 is 1.69 bits per heavy atom. The van der Waals surface area contributed by atoms with Gasteiger partial charge in [0.1, 0.15) is 11.6 Å². The fourth-order valence-electron chi connectivity index (χ4n) is 3.12. The molecule has 1 aliphatic heterocycles. The fraction of sp³-hybridized carbons (Fsp3) is 0.333. The van der Waals surface area contributed by atoms with Crippen LogP contribution in [0.3, 0.4) is 0 Å². The Morgan fingerprint density at radius 3 is 2.27 bits per heavy atom. The summed E-state index contributed by atoms with van der Waals surface area (Å²) in [4.78, 5) is 2.11. The van der Waals surface area contributed by atoms with Crippen molar-refractivity contribution in [3.05, 3.63) is 63.9 Å². The lowest BCUT2D eigenvalue weighted by Crippen LogP contribution is -2.45. The minimum atomic E-state index is -4.74. The van der Waals surface area contributed by atoms with E-state index in [9.17, 15) is 17.6 Å². The predicted octanol–water partition coefficient (Wildman–Crippen LogP) is 4.48. The summed E-state index contributed by atoms with van der Waals surface area (Å²) in [5.74, 6) is -0.661. The minimum absolute atomic E-state index is 0.298. The van der Waals surface area contributed by atoms with Crippen molar-refractivity contribution in [1.82, 2.24) is 10.2 Å². The first kappa shape index (κ1) is 19.1. The Bertz CT molecular complexity index is 726. The minimum Gasteiger partial charge on any atom is -0.406 e. The highest BCUT2D eigenvalue weighted by Gasteiger charge is 2.32. The summed E-state index contributed by atoms with van der Waals surface area (Å²) in [7, 11) is 0. The summed E-state index contributed by atoms with van der Waals surface area (Å²) in [6, 6.07) is 9.95. The van der Waals surface area contributed by atoms with Gasteiger partial charge in [0.2, 0.25) is 0 Å². The molecular weight excluding hydrogens is 416 g/mol. The molecule has 1 saturated heterocycles. The normalized spacial score (nSPS) is 17.1. The van der Waals surface area contributed by atoms with E-state index in [1.165, 1.54) is 18.2 Å². The Balaban J connectivity index is 1.98. The molecule has 2 aromatic carbocycles. The molecule has 1 fully saturated rings. The Morgan fingerprint density at radius 1 is 1.04 bits per heavy atom. The van der Waals surface area contributed by atoms with Crippen molar-refractivity contribution in [2.24, 2.45) is 0 Å². The Labute approximate surface area is 157 Å². The number of halogens is 5. The maximum absolute atomic E-state index is 14.6. The van der Waals surface area contributed by atoms with Crippen molar-refractivity contribution in [3.63, 3.8) is 0 Å². The van der Waals surface area contributed by atoms with Gasteiger partial charge in [-0.1, -0.05) is 34.1 Å². The predicted molar refractivity (Wildman–Crippen MR) is 93.5 cm³/mol. The Kier molecular flexibility index (Phi) is 5.84. The molecule has 8 heteroatoms. The van der Waals surface area contributed by atoms with Crippen LogP contribution in [0.1, 0.15) is 17.2 Å². The second kappa shape index (κ2) is 7.94. The first-order valence-corrected chi connectivity index (χ1v) is 8.89. The third-order valence-electron chi connectivity index (χ3n) is 4.22. The summed E-state index contributed by atoms with van der Waals surface area (Å²) in [5.41, 5.74) is 1.17. The summed E-state index contributed by atoms with van der Waals surface area (Å²) < 4.78 is 56.3. The van der Waals surface area contributed by atoms with Gasteiger partial charge in [-0.05, 0) is 29.8 Å². The summed E-state index contributed by atoms with van der Waals surface area (Å²) in [6.45, 7) is 2.92. The molecule has 1 N–H and O–H groups in total. The highest BCUT2D eigenvalue weighted by atomic mass is 79.9. The lowest BCUT2D eigenvalue weighted by atomic mass is 9.96. The molecule has 3 nitrogen and oxygen atoms in total. The molecule has 0 aromatic heterocycles. The number of rotatable bonds is 4. The zero-order valence-corrected chi connectivity index (χ0v) is 15.3. The maximum Gasteiger partial charge on any atom is 0.573 e. The summed E-state index contributed by atoms with van der Waals surface area (Å²) in [5, 5.41) is 3.24. The van der Waals surface area contributed by atoms with E-state index in [1.54, 1.807) is 24.3 Å². The third-order valence-corrected chi connectivity index (χ3v) is 4.91. The maximum atomic E-state index is 14.6. The fourth-order valence-corrected chi connectivity index (χ4v) is 3.68. The average Bonchev–Trinajstić information content (AvgIpc) is 2.59. The van der Waals surface area contributed by atoms with Crippen molar-refractivity contribution in [2.75, 3.05) is 26.2 Å². The van der Waals surface area contributed by atoms with Gasteiger partial charge < -0.3 is 10.1 Å². The number of hydrogen-bond acceptors (Lipinski definition) is 3. The van der Waals surface area contributed by atoms with E-state index in [0.717, 1.165) is 13.1 Å². The molecular formula is C18H17BrF4N2O. The molecule has 3 rings (SSSR count). The molecule has 1 aliphatic rings. The van der Waals surface area contributed by atoms with E-state index in [4.69, 9.17) is 0 Å². The number of ether oxygens (including phenoxy) is 1. The van der Waals surface area contributed by atoms with Crippen molar-refractivity contribution < 1.29 is 22.3 Å². The number of nitrogens with zero attached hydrogens (tertiary/aromatic N) is 1. The van der Waals surface area contributed by atoms with Gasteiger partial charge >= 0.3 is 6.36 Å². The molecule has 1 heterocycles. The van der Waals surface area contributed by atoms with Crippen LogP contribution in [-0.2, 0) is 0 Å². The molecule has 0 amide bonds. The van der Waals surface area contributed by atoms with Crippen LogP contribution in [0.5, 0.6) is 5.75 Å². The van der Waals surface area contributed by atoms with E-state index in [1.807, 2.05) is 0 Å². The molecule has 0 saturated carbocycles. The SMILES string of the molecule is Fc1cccc(Br)c1[C@H](c1ccc(OC(F)(F)F)cc1)N1CCNCC1. The third kappa shape index (κ3) is 4.55. The van der Waals surface area contributed by atoms with Crippen LogP contribution in [0, 0.1) is 5.82 Å². The second-order valence-corrected chi connectivity index (χ2v) is 6.80. The van der Waals surface area contributed by atoms with Gasteiger partial charge in [-0.15, -0.1) is 13.2 Å².